The summed E-state index contributed by atoms with van der Waals surface area (Å²) in [5, 5.41) is 6.52. The minimum atomic E-state index is 0.0438. The van der Waals surface area contributed by atoms with Gasteiger partial charge in [-0.3, -0.25) is 9.79 Å². The maximum absolute atomic E-state index is 12.4. The van der Waals surface area contributed by atoms with Crippen molar-refractivity contribution in [3.05, 3.63) is 39.5 Å². The van der Waals surface area contributed by atoms with E-state index < -0.39 is 0 Å². The lowest BCUT2D eigenvalue weighted by Crippen LogP contribution is -2.32. The Bertz CT molecular complexity index is 1260. The monoisotopic (exact) mass is 407 g/mol. The van der Waals surface area contributed by atoms with Crippen molar-refractivity contribution in [2.75, 3.05) is 26.5 Å². The Morgan fingerprint density at radius 3 is 2.90 bits per heavy atom. The van der Waals surface area contributed by atoms with Crippen LogP contribution in [-0.2, 0) is 17.6 Å². The molecule has 1 aromatic carbocycles. The van der Waals surface area contributed by atoms with Gasteiger partial charge in [-0.15, -0.1) is 11.3 Å². The molecule has 1 unspecified atom stereocenters. The second kappa shape index (κ2) is 6.81. The topological polar surface area (TPSA) is 79.7 Å². The fourth-order valence-electron chi connectivity index (χ4n) is 4.05. The molecule has 1 N–H and O–H groups in total. The largest absolute Gasteiger partial charge is 0.494 e. The minimum absolute atomic E-state index is 0.0438. The molecule has 2 aromatic heterocycles. The first-order valence-electron chi connectivity index (χ1n) is 9.54. The highest BCUT2D eigenvalue weighted by molar-refractivity contribution is 7.19. The van der Waals surface area contributed by atoms with E-state index in [1.165, 1.54) is 10.4 Å². The highest BCUT2D eigenvalue weighted by atomic mass is 32.1. The number of ether oxygens (including phenoxy) is 1. The average molecular weight is 407 g/mol. The number of aromatic nitrogens is 2. The molecule has 7 nitrogen and oxygen atoms in total. The Morgan fingerprint density at radius 2 is 2.17 bits per heavy atom. The molecule has 1 atom stereocenters. The van der Waals surface area contributed by atoms with Crippen LogP contribution in [-0.4, -0.2) is 42.0 Å². The van der Waals surface area contributed by atoms with E-state index in [0.29, 0.717) is 0 Å². The maximum atomic E-state index is 12.4. The number of rotatable bonds is 4. The van der Waals surface area contributed by atoms with Crippen LogP contribution in [0.4, 0.5) is 11.5 Å². The molecule has 0 saturated carbocycles. The van der Waals surface area contributed by atoms with Gasteiger partial charge < -0.3 is 15.0 Å². The van der Waals surface area contributed by atoms with Crippen LogP contribution < -0.4 is 20.6 Å². The first-order valence-corrected chi connectivity index (χ1v) is 10.4. The lowest BCUT2D eigenvalue weighted by molar-refractivity contribution is -0.133. The van der Waals surface area contributed by atoms with Crippen molar-refractivity contribution < 1.29 is 9.53 Å². The van der Waals surface area contributed by atoms with Gasteiger partial charge in [0.15, 0.2) is 0 Å². The van der Waals surface area contributed by atoms with Gasteiger partial charge in [-0.25, -0.2) is 9.97 Å². The number of fused-ring (bicyclic) bond motifs is 4. The average Bonchev–Trinajstić information content (AvgIpc) is 3.08. The van der Waals surface area contributed by atoms with Gasteiger partial charge in [0.1, 0.15) is 22.7 Å². The van der Waals surface area contributed by atoms with E-state index in [4.69, 9.17) is 4.74 Å². The highest BCUT2D eigenvalue weighted by Crippen LogP contribution is 2.41. The molecule has 0 radical (unpaired) electrons. The van der Waals surface area contributed by atoms with Crippen molar-refractivity contribution in [1.29, 1.82) is 0 Å². The number of nitrogens with one attached hydrogen (secondary N) is 1. The van der Waals surface area contributed by atoms with Gasteiger partial charge in [-0.05, 0) is 30.9 Å². The fraction of sp³-hybridized carbons (Fsp3) is 0.333. The van der Waals surface area contributed by atoms with Crippen molar-refractivity contribution in [1.82, 2.24) is 14.9 Å². The van der Waals surface area contributed by atoms with Crippen LogP contribution in [0, 0.1) is 5.92 Å². The number of carbonyl (C=O) groups is 1. The second-order valence-electron chi connectivity index (χ2n) is 7.57. The normalized spacial score (nSPS) is 16.7. The zero-order valence-corrected chi connectivity index (χ0v) is 17.3. The molecule has 0 bridgehead atoms. The van der Waals surface area contributed by atoms with Crippen molar-refractivity contribution in [2.45, 2.75) is 19.3 Å². The van der Waals surface area contributed by atoms with E-state index in [-0.39, 0.29) is 11.8 Å². The number of methoxy groups -OCH3 is 1. The van der Waals surface area contributed by atoms with Crippen LogP contribution in [0.1, 0.15) is 16.9 Å². The highest BCUT2D eigenvalue weighted by Gasteiger charge is 2.30. The lowest BCUT2D eigenvalue weighted by Gasteiger charge is -2.24. The summed E-state index contributed by atoms with van der Waals surface area (Å²) < 4.78 is 5.54. The molecule has 8 heteroatoms. The Labute approximate surface area is 171 Å². The molecule has 1 aliphatic heterocycles. The lowest BCUT2D eigenvalue weighted by atomic mass is 9.87. The van der Waals surface area contributed by atoms with Gasteiger partial charge in [-0.1, -0.05) is 0 Å². The van der Waals surface area contributed by atoms with E-state index >= 15 is 0 Å². The Hall–Kier alpha value is -3.00. The molecule has 2 aliphatic rings. The van der Waals surface area contributed by atoms with Crippen LogP contribution in [0.15, 0.2) is 23.5 Å². The molecular formula is C21H21N5O2S. The molecule has 3 heterocycles. The summed E-state index contributed by atoms with van der Waals surface area (Å²) in [6, 6.07) is 3.95. The van der Waals surface area contributed by atoms with E-state index in [9.17, 15) is 4.79 Å². The number of thiophene rings is 1. The molecule has 1 aliphatic carbocycles. The second-order valence-corrected chi connectivity index (χ2v) is 8.66. The van der Waals surface area contributed by atoms with Gasteiger partial charge in [0.2, 0.25) is 5.91 Å². The Kier molecular flexibility index (Phi) is 4.24. The van der Waals surface area contributed by atoms with Gasteiger partial charge in [0.05, 0.1) is 23.5 Å². The van der Waals surface area contributed by atoms with Crippen LogP contribution in [0.25, 0.3) is 16.4 Å². The first-order chi connectivity index (χ1) is 14.0. The Balaban J connectivity index is 1.54. The number of hydrogen-bond acceptors (Lipinski definition) is 7. The predicted molar refractivity (Wildman–Crippen MR) is 113 cm³/mol. The molecule has 29 heavy (non-hydrogen) atoms. The van der Waals surface area contributed by atoms with Crippen molar-refractivity contribution in [3.8, 4) is 5.75 Å². The third-order valence-corrected chi connectivity index (χ3v) is 6.74. The summed E-state index contributed by atoms with van der Waals surface area (Å²) in [7, 11) is 5.30. The summed E-state index contributed by atoms with van der Waals surface area (Å²) in [6.45, 7) is 0. The van der Waals surface area contributed by atoms with Crippen molar-refractivity contribution in [2.24, 2.45) is 10.9 Å². The molecule has 0 saturated heterocycles. The zero-order valence-electron chi connectivity index (χ0n) is 16.5. The molecule has 0 spiro atoms. The zero-order chi connectivity index (χ0) is 20.1. The number of anilines is 2. The predicted octanol–water partition coefficient (Wildman–Crippen LogP) is 2.01. The maximum Gasteiger partial charge on any atom is 0.225 e. The molecule has 1 amide bonds. The van der Waals surface area contributed by atoms with E-state index in [1.807, 2.05) is 32.4 Å². The van der Waals surface area contributed by atoms with Crippen LogP contribution in [0.2, 0.25) is 0 Å². The van der Waals surface area contributed by atoms with E-state index in [0.717, 1.165) is 57.3 Å². The van der Waals surface area contributed by atoms with Crippen molar-refractivity contribution in [3.63, 3.8) is 0 Å². The summed E-state index contributed by atoms with van der Waals surface area (Å²) in [5.74, 6) is 1.75. The molecular weight excluding hydrogens is 386 g/mol. The number of carbonyl (C=O) groups excluding carboxylic acids is 1. The van der Waals surface area contributed by atoms with Crippen LogP contribution in [0.3, 0.4) is 0 Å². The smallest absolute Gasteiger partial charge is 0.225 e. The van der Waals surface area contributed by atoms with Gasteiger partial charge in [-0.2, -0.15) is 0 Å². The van der Waals surface area contributed by atoms with Gasteiger partial charge >= 0.3 is 0 Å². The SMILES string of the molecule is COc1cc2c(cc1Nc1ncnc3sc4c(c13)CCC(C(=O)N(C)C)C4)=CN=2. The number of aryl methyl sites for hydroxylation is 1. The molecule has 5 rings (SSSR count). The van der Waals surface area contributed by atoms with Crippen LogP contribution >= 0.6 is 11.3 Å². The van der Waals surface area contributed by atoms with Gasteiger partial charge in [0, 0.05) is 42.4 Å². The van der Waals surface area contributed by atoms with E-state index in [2.05, 4.69) is 20.3 Å². The quantitative estimate of drug-likeness (QED) is 0.716. The number of hydrogen-bond donors (Lipinski definition) is 1. The standard InChI is InChI=1S/C21H21N5O2S/c1-26(2)21(27)11-4-5-13-17(7-11)29-20-18(13)19(23-10-24-20)25-15-6-12-9-22-14(12)8-16(15)28-3/h6,8-11H,4-5,7H2,1-3H3,(H,23,24,25). The molecule has 3 aromatic rings. The fourth-order valence-corrected chi connectivity index (χ4v) is 5.32. The van der Waals surface area contributed by atoms with Crippen molar-refractivity contribution >= 4 is 45.2 Å². The minimum Gasteiger partial charge on any atom is -0.494 e. The third kappa shape index (κ3) is 2.95. The number of amides is 1. The molecule has 148 valence electrons. The number of nitrogens with zero attached hydrogens (tertiary/aromatic N) is 4. The summed E-state index contributed by atoms with van der Waals surface area (Å²) in [4.78, 5) is 29.6. The van der Waals surface area contributed by atoms with Gasteiger partial charge in [0.25, 0.3) is 0 Å². The first kappa shape index (κ1) is 18.1. The summed E-state index contributed by atoms with van der Waals surface area (Å²) >= 11 is 1.67. The summed E-state index contributed by atoms with van der Waals surface area (Å²) in [5.41, 5.74) is 2.12. The van der Waals surface area contributed by atoms with E-state index in [1.54, 1.807) is 29.7 Å². The van der Waals surface area contributed by atoms with Crippen LogP contribution in [0.5, 0.6) is 5.75 Å². The number of benzene rings is 1. The third-order valence-electron chi connectivity index (χ3n) is 5.58. The molecule has 0 fully saturated rings. The summed E-state index contributed by atoms with van der Waals surface area (Å²) in [6.07, 6.45) is 5.90. The Morgan fingerprint density at radius 1 is 1.31 bits per heavy atom.